The molecule has 2 aliphatic heterocycles. The van der Waals surface area contributed by atoms with Crippen LogP contribution in [-0.4, -0.2) is 50.0 Å². The summed E-state index contributed by atoms with van der Waals surface area (Å²) in [6.07, 6.45) is 0. The Morgan fingerprint density at radius 2 is 1.94 bits per heavy atom. The summed E-state index contributed by atoms with van der Waals surface area (Å²) in [6, 6.07) is 0.752. The number of hydrogen-bond donors (Lipinski definition) is 0. The standard InChI is InChI=1S/C12H17NO2.C2H6/c1-10(2)3-4-11-7-14-6-5-13(11)12-8-15-9-12;1-2/h11-12H,1,5-9H2,2H3;1-2H3. The van der Waals surface area contributed by atoms with Crippen LogP contribution >= 0.6 is 0 Å². The molecule has 2 aliphatic rings. The summed E-state index contributed by atoms with van der Waals surface area (Å²) >= 11 is 0. The van der Waals surface area contributed by atoms with Gasteiger partial charge >= 0.3 is 0 Å². The van der Waals surface area contributed by atoms with Gasteiger partial charge in [0.15, 0.2) is 0 Å². The predicted octanol–water partition coefficient (Wildman–Crippen LogP) is 1.69. The summed E-state index contributed by atoms with van der Waals surface area (Å²) in [5.41, 5.74) is 0.908. The van der Waals surface area contributed by atoms with Crippen molar-refractivity contribution in [3.63, 3.8) is 0 Å². The molecule has 2 saturated heterocycles. The highest BCUT2D eigenvalue weighted by molar-refractivity contribution is 5.26. The van der Waals surface area contributed by atoms with Gasteiger partial charge in [-0.05, 0) is 12.5 Å². The summed E-state index contributed by atoms with van der Waals surface area (Å²) in [7, 11) is 0. The molecule has 17 heavy (non-hydrogen) atoms. The van der Waals surface area contributed by atoms with E-state index in [4.69, 9.17) is 9.47 Å². The smallest absolute Gasteiger partial charge is 0.0959 e. The van der Waals surface area contributed by atoms with E-state index in [1.165, 1.54) is 0 Å². The Balaban J connectivity index is 0.000000686. The third kappa shape index (κ3) is 4.16. The molecule has 0 aromatic rings. The molecule has 0 bridgehead atoms. The van der Waals surface area contributed by atoms with Crippen LogP contribution in [-0.2, 0) is 9.47 Å². The molecule has 0 saturated carbocycles. The van der Waals surface area contributed by atoms with E-state index in [9.17, 15) is 0 Å². The van der Waals surface area contributed by atoms with Crippen molar-refractivity contribution in [2.24, 2.45) is 0 Å². The van der Waals surface area contributed by atoms with Crippen LogP contribution in [0, 0.1) is 11.8 Å². The second-order valence-corrected chi connectivity index (χ2v) is 4.07. The summed E-state index contributed by atoms with van der Waals surface area (Å²) in [4.78, 5) is 2.39. The van der Waals surface area contributed by atoms with E-state index in [-0.39, 0.29) is 6.04 Å². The highest BCUT2D eigenvalue weighted by Crippen LogP contribution is 2.16. The van der Waals surface area contributed by atoms with E-state index in [2.05, 4.69) is 23.3 Å². The first-order valence-corrected chi connectivity index (χ1v) is 6.35. The third-order valence-electron chi connectivity index (χ3n) is 2.71. The molecule has 0 aromatic heterocycles. The molecule has 1 unspecified atom stereocenters. The zero-order valence-electron chi connectivity index (χ0n) is 11.2. The van der Waals surface area contributed by atoms with Gasteiger partial charge in [0.25, 0.3) is 0 Å². The molecule has 96 valence electrons. The minimum absolute atomic E-state index is 0.212. The molecule has 3 nitrogen and oxygen atoms in total. The molecule has 0 spiro atoms. The first-order chi connectivity index (χ1) is 8.27. The van der Waals surface area contributed by atoms with Gasteiger partial charge in [0.05, 0.1) is 38.5 Å². The van der Waals surface area contributed by atoms with Crippen molar-refractivity contribution in [2.45, 2.75) is 32.9 Å². The lowest BCUT2D eigenvalue weighted by Gasteiger charge is -2.42. The highest BCUT2D eigenvalue weighted by atomic mass is 16.5. The maximum absolute atomic E-state index is 5.45. The molecule has 2 fully saturated rings. The van der Waals surface area contributed by atoms with Crippen molar-refractivity contribution in [2.75, 3.05) is 33.0 Å². The van der Waals surface area contributed by atoms with Crippen LogP contribution in [0.2, 0.25) is 0 Å². The Hall–Kier alpha value is -0.820. The van der Waals surface area contributed by atoms with Crippen molar-refractivity contribution in [1.82, 2.24) is 4.90 Å². The molecular formula is C14H23NO2. The number of nitrogens with zero attached hydrogens (tertiary/aromatic N) is 1. The summed E-state index contributed by atoms with van der Waals surface area (Å²) in [5, 5.41) is 0. The monoisotopic (exact) mass is 237 g/mol. The van der Waals surface area contributed by atoms with Crippen molar-refractivity contribution in [3.05, 3.63) is 12.2 Å². The maximum atomic E-state index is 5.45. The Kier molecular flexibility index (Phi) is 6.28. The van der Waals surface area contributed by atoms with E-state index in [0.717, 1.165) is 31.9 Å². The molecule has 3 heteroatoms. The van der Waals surface area contributed by atoms with Gasteiger partial charge in [0.1, 0.15) is 0 Å². The van der Waals surface area contributed by atoms with Gasteiger partial charge in [-0.15, -0.1) is 0 Å². The SMILES string of the molecule is C=C(C)C#CC1COCCN1C1COC1.CC. The largest absolute Gasteiger partial charge is 0.378 e. The zero-order chi connectivity index (χ0) is 12.7. The molecular weight excluding hydrogens is 214 g/mol. The maximum Gasteiger partial charge on any atom is 0.0959 e. The van der Waals surface area contributed by atoms with Crippen LogP contribution in [0.15, 0.2) is 12.2 Å². The normalized spacial score (nSPS) is 24.8. The lowest BCUT2D eigenvalue weighted by molar-refractivity contribution is -0.105. The van der Waals surface area contributed by atoms with Crippen LogP contribution < -0.4 is 0 Å². The molecule has 2 heterocycles. The average Bonchev–Trinajstić information content (AvgIpc) is 2.28. The first kappa shape index (κ1) is 14.2. The zero-order valence-corrected chi connectivity index (χ0v) is 11.2. The number of ether oxygens (including phenoxy) is 2. The average molecular weight is 237 g/mol. The van der Waals surface area contributed by atoms with Gasteiger partial charge in [-0.2, -0.15) is 0 Å². The molecule has 1 atom stereocenters. The molecule has 2 rings (SSSR count). The Morgan fingerprint density at radius 1 is 1.24 bits per heavy atom. The fourth-order valence-electron chi connectivity index (χ4n) is 1.80. The van der Waals surface area contributed by atoms with Crippen LogP contribution in [0.4, 0.5) is 0 Å². The number of rotatable bonds is 1. The quantitative estimate of drug-likeness (QED) is 0.648. The molecule has 0 amide bonds. The molecule has 0 aliphatic carbocycles. The fraction of sp³-hybridized carbons (Fsp3) is 0.714. The summed E-state index contributed by atoms with van der Waals surface area (Å²) in [5.74, 6) is 6.26. The molecule has 0 radical (unpaired) electrons. The third-order valence-corrected chi connectivity index (χ3v) is 2.71. The van der Waals surface area contributed by atoms with Crippen LogP contribution in [0.5, 0.6) is 0 Å². The first-order valence-electron chi connectivity index (χ1n) is 6.35. The van der Waals surface area contributed by atoms with Gasteiger partial charge in [-0.25, -0.2) is 0 Å². The van der Waals surface area contributed by atoms with E-state index in [0.29, 0.717) is 12.6 Å². The van der Waals surface area contributed by atoms with Crippen molar-refractivity contribution < 1.29 is 9.47 Å². The lowest BCUT2D eigenvalue weighted by Crippen LogP contribution is -2.57. The minimum atomic E-state index is 0.212. The van der Waals surface area contributed by atoms with Crippen molar-refractivity contribution in [1.29, 1.82) is 0 Å². The van der Waals surface area contributed by atoms with E-state index >= 15 is 0 Å². The second kappa shape index (κ2) is 7.50. The van der Waals surface area contributed by atoms with Crippen LogP contribution in [0.25, 0.3) is 0 Å². The highest BCUT2D eigenvalue weighted by Gasteiger charge is 2.32. The van der Waals surface area contributed by atoms with Crippen molar-refractivity contribution in [3.8, 4) is 11.8 Å². The topological polar surface area (TPSA) is 21.7 Å². The van der Waals surface area contributed by atoms with Crippen LogP contribution in [0.3, 0.4) is 0 Å². The molecule has 0 N–H and O–H groups in total. The van der Waals surface area contributed by atoms with E-state index in [1.54, 1.807) is 0 Å². The van der Waals surface area contributed by atoms with Gasteiger partial charge in [-0.3, -0.25) is 4.90 Å². The van der Waals surface area contributed by atoms with E-state index in [1.807, 2.05) is 20.8 Å². The summed E-state index contributed by atoms with van der Waals surface area (Å²) < 4.78 is 10.7. The van der Waals surface area contributed by atoms with Gasteiger partial charge < -0.3 is 9.47 Å². The van der Waals surface area contributed by atoms with E-state index < -0.39 is 0 Å². The number of morpholine rings is 1. The van der Waals surface area contributed by atoms with Crippen LogP contribution in [0.1, 0.15) is 20.8 Å². The second-order valence-electron chi connectivity index (χ2n) is 4.07. The van der Waals surface area contributed by atoms with Crippen molar-refractivity contribution >= 4 is 0 Å². The Bertz CT molecular complexity index is 299. The van der Waals surface area contributed by atoms with Gasteiger partial charge in [0, 0.05) is 6.54 Å². The Morgan fingerprint density at radius 3 is 2.47 bits per heavy atom. The van der Waals surface area contributed by atoms with Gasteiger partial charge in [-0.1, -0.05) is 32.3 Å². The summed E-state index contributed by atoms with van der Waals surface area (Å²) in [6.45, 7) is 13.9. The lowest BCUT2D eigenvalue weighted by atomic mass is 10.1. The predicted molar refractivity (Wildman–Crippen MR) is 69.9 cm³/mol. The molecule has 0 aromatic carbocycles. The van der Waals surface area contributed by atoms with Gasteiger partial charge in [0.2, 0.25) is 0 Å². The Labute approximate surface area is 105 Å². The minimum Gasteiger partial charge on any atom is -0.378 e. The number of allylic oxidation sites excluding steroid dienone is 1. The number of hydrogen-bond acceptors (Lipinski definition) is 3. The fourth-order valence-corrected chi connectivity index (χ4v) is 1.80.